The Morgan fingerprint density at radius 1 is 0.846 bits per heavy atom. The Morgan fingerprint density at radius 3 is 2.72 bits per heavy atom. The van der Waals surface area contributed by atoms with E-state index in [4.69, 9.17) is 0 Å². The standard InChI is InChI=1S/C37H32N2/c1-2-25-34-23(15-18-31-36(25)37-27-10-6-4-8-22(27)14-17-32(37)38-31)11-12-24-19-33-29(20-28(24)34)35-26-9-5-3-7-21(26)13-16-30(35)39-33/h2-14,16-17,19-21,23,26,29,31,33-34,38-39H,1,15,18H2. The first kappa shape index (κ1) is 21.8. The van der Waals surface area contributed by atoms with E-state index in [0.717, 1.165) is 6.42 Å². The summed E-state index contributed by atoms with van der Waals surface area (Å²) in [5.41, 5.74) is 11.4. The van der Waals surface area contributed by atoms with Gasteiger partial charge in [0.05, 0.1) is 12.1 Å². The number of allylic oxidation sites excluding steroid dienone is 12. The topological polar surface area (TPSA) is 24.1 Å². The van der Waals surface area contributed by atoms with E-state index < -0.39 is 0 Å². The molecule has 0 aromatic heterocycles. The molecule has 2 aromatic rings. The van der Waals surface area contributed by atoms with Crippen LogP contribution in [0.25, 0.3) is 16.3 Å². The van der Waals surface area contributed by atoms with Crippen molar-refractivity contribution in [1.29, 1.82) is 0 Å². The van der Waals surface area contributed by atoms with E-state index in [-0.39, 0.29) is 0 Å². The fourth-order valence-electron chi connectivity index (χ4n) is 8.62. The van der Waals surface area contributed by atoms with Crippen LogP contribution in [0.3, 0.4) is 0 Å². The van der Waals surface area contributed by atoms with Crippen molar-refractivity contribution in [2.45, 2.75) is 24.9 Å². The number of hydrogen-bond donors (Lipinski definition) is 2. The van der Waals surface area contributed by atoms with Gasteiger partial charge in [0.25, 0.3) is 0 Å². The fraction of sp³-hybridized carbons (Fsp3) is 0.243. The number of anilines is 1. The normalized spacial score (nSPS) is 34.4. The monoisotopic (exact) mass is 504 g/mol. The van der Waals surface area contributed by atoms with Crippen molar-refractivity contribution in [3.8, 4) is 0 Å². The van der Waals surface area contributed by atoms with Gasteiger partial charge in [-0.05, 0) is 69.5 Å². The minimum Gasteiger partial charge on any atom is -0.378 e. The van der Waals surface area contributed by atoms with Gasteiger partial charge in [-0.3, -0.25) is 0 Å². The molecule has 0 amide bonds. The Morgan fingerprint density at radius 2 is 1.77 bits per heavy atom. The van der Waals surface area contributed by atoms with Crippen molar-refractivity contribution in [2.75, 3.05) is 5.32 Å². The van der Waals surface area contributed by atoms with Gasteiger partial charge in [-0.2, -0.15) is 0 Å². The summed E-state index contributed by atoms with van der Waals surface area (Å²) in [5.74, 6) is 2.15. The highest BCUT2D eigenvalue weighted by atomic mass is 15.0. The Balaban J connectivity index is 1.22. The Hall–Kier alpha value is -4.04. The molecular weight excluding hydrogens is 472 g/mol. The summed E-state index contributed by atoms with van der Waals surface area (Å²) in [4.78, 5) is 0. The highest BCUT2D eigenvalue weighted by molar-refractivity contribution is 6.05. The van der Waals surface area contributed by atoms with Gasteiger partial charge in [0.1, 0.15) is 0 Å². The quantitative estimate of drug-likeness (QED) is 0.414. The molecule has 0 bridgehead atoms. The van der Waals surface area contributed by atoms with Crippen LogP contribution in [0.1, 0.15) is 18.4 Å². The van der Waals surface area contributed by atoms with Crippen LogP contribution < -0.4 is 10.6 Å². The molecule has 0 radical (unpaired) electrons. The zero-order valence-corrected chi connectivity index (χ0v) is 22.0. The molecule has 2 nitrogen and oxygen atoms in total. The van der Waals surface area contributed by atoms with Crippen LogP contribution in [-0.2, 0) is 0 Å². The second kappa shape index (κ2) is 7.99. The van der Waals surface area contributed by atoms with Crippen molar-refractivity contribution >= 4 is 22.0 Å². The van der Waals surface area contributed by atoms with Crippen LogP contribution in [-0.4, -0.2) is 12.1 Å². The summed E-state index contributed by atoms with van der Waals surface area (Å²) >= 11 is 0. The number of hydrogen-bond acceptors (Lipinski definition) is 2. The van der Waals surface area contributed by atoms with Crippen LogP contribution in [0.2, 0.25) is 0 Å². The van der Waals surface area contributed by atoms with Crippen molar-refractivity contribution in [3.05, 3.63) is 143 Å². The summed E-state index contributed by atoms with van der Waals surface area (Å²) in [6.07, 6.45) is 28.5. The van der Waals surface area contributed by atoms with Crippen molar-refractivity contribution < 1.29 is 0 Å². The van der Waals surface area contributed by atoms with Crippen LogP contribution in [0, 0.1) is 29.6 Å². The zero-order valence-electron chi connectivity index (χ0n) is 22.0. The molecule has 5 aliphatic carbocycles. The van der Waals surface area contributed by atoms with Gasteiger partial charge in [-0.15, -0.1) is 0 Å². The van der Waals surface area contributed by atoms with Gasteiger partial charge < -0.3 is 10.6 Å². The van der Waals surface area contributed by atoms with E-state index >= 15 is 0 Å². The highest BCUT2D eigenvalue weighted by Gasteiger charge is 2.45. The molecule has 0 saturated heterocycles. The molecule has 39 heavy (non-hydrogen) atoms. The molecule has 0 saturated carbocycles. The lowest BCUT2D eigenvalue weighted by atomic mass is 9.66. The average molecular weight is 505 g/mol. The van der Waals surface area contributed by atoms with Crippen molar-refractivity contribution in [1.82, 2.24) is 5.32 Å². The van der Waals surface area contributed by atoms with Crippen molar-refractivity contribution in [3.63, 3.8) is 0 Å². The predicted molar refractivity (Wildman–Crippen MR) is 162 cm³/mol. The van der Waals surface area contributed by atoms with E-state index in [1.807, 2.05) is 0 Å². The summed E-state index contributed by atoms with van der Waals surface area (Å²) in [7, 11) is 0. The lowest BCUT2D eigenvalue weighted by Gasteiger charge is -2.37. The summed E-state index contributed by atoms with van der Waals surface area (Å²) in [6, 6.07) is 14.1. The number of fused-ring (bicyclic) bond motifs is 12. The number of rotatable bonds is 1. The van der Waals surface area contributed by atoms with Gasteiger partial charge in [0, 0.05) is 40.6 Å². The van der Waals surface area contributed by atoms with Crippen LogP contribution in [0.5, 0.6) is 0 Å². The maximum Gasteiger partial charge on any atom is 0.0554 e. The van der Waals surface area contributed by atoms with E-state index in [0.29, 0.717) is 41.7 Å². The zero-order chi connectivity index (χ0) is 25.7. The van der Waals surface area contributed by atoms with Crippen LogP contribution in [0.15, 0.2) is 138 Å². The van der Waals surface area contributed by atoms with Crippen LogP contribution in [0.4, 0.5) is 5.69 Å². The fourth-order valence-corrected chi connectivity index (χ4v) is 8.62. The van der Waals surface area contributed by atoms with Gasteiger partial charge in [-0.25, -0.2) is 0 Å². The van der Waals surface area contributed by atoms with Gasteiger partial charge in [-0.1, -0.05) is 97.7 Å². The van der Waals surface area contributed by atoms with Gasteiger partial charge in [0.15, 0.2) is 0 Å². The lowest BCUT2D eigenvalue weighted by molar-refractivity contribution is 0.462. The van der Waals surface area contributed by atoms with E-state index in [9.17, 15) is 0 Å². The third kappa shape index (κ3) is 2.98. The summed E-state index contributed by atoms with van der Waals surface area (Å²) < 4.78 is 0. The molecule has 7 unspecified atom stereocenters. The van der Waals surface area contributed by atoms with Gasteiger partial charge in [0.2, 0.25) is 0 Å². The SMILES string of the molecule is C=CC1=C2c3c(ccc4ccccc34)NC2CCC2C=CC3=CC4NC5=C(C6C=CC=CC6C=C5)C4C=C3C12. The van der Waals surface area contributed by atoms with Gasteiger partial charge >= 0.3 is 0 Å². The molecule has 0 spiro atoms. The molecule has 9 rings (SSSR count). The molecule has 0 fully saturated rings. The molecule has 2 N–H and O–H groups in total. The summed E-state index contributed by atoms with van der Waals surface area (Å²) in [6.45, 7) is 4.45. The average Bonchev–Trinajstić information content (AvgIpc) is 3.49. The largest absolute Gasteiger partial charge is 0.378 e. The molecule has 190 valence electrons. The third-order valence-corrected chi connectivity index (χ3v) is 10.3. The van der Waals surface area contributed by atoms with E-state index in [1.165, 1.54) is 56.4 Å². The second-order valence-corrected chi connectivity index (χ2v) is 12.1. The molecule has 7 aliphatic rings. The molecule has 2 aromatic carbocycles. The Kier molecular flexibility index (Phi) is 4.47. The van der Waals surface area contributed by atoms with E-state index in [1.54, 1.807) is 5.57 Å². The van der Waals surface area contributed by atoms with E-state index in [2.05, 4.69) is 120 Å². The maximum absolute atomic E-state index is 4.45. The first-order valence-corrected chi connectivity index (χ1v) is 14.6. The highest BCUT2D eigenvalue weighted by Crippen LogP contribution is 2.54. The number of nitrogens with one attached hydrogen (secondary N) is 2. The minimum atomic E-state index is 0.328. The Bertz CT molecular complexity index is 1720. The predicted octanol–water partition coefficient (Wildman–Crippen LogP) is 7.81. The first-order chi connectivity index (χ1) is 19.3. The van der Waals surface area contributed by atoms with Crippen LogP contribution >= 0.6 is 0 Å². The first-order valence-electron chi connectivity index (χ1n) is 14.6. The lowest BCUT2D eigenvalue weighted by Crippen LogP contribution is -2.32. The summed E-state index contributed by atoms with van der Waals surface area (Å²) in [5, 5.41) is 10.5. The smallest absolute Gasteiger partial charge is 0.0554 e. The number of benzene rings is 2. The maximum atomic E-state index is 4.45. The molecule has 7 atom stereocenters. The Labute approximate surface area is 230 Å². The molecular formula is C37H32N2. The molecule has 2 heteroatoms. The van der Waals surface area contributed by atoms with Crippen molar-refractivity contribution in [2.24, 2.45) is 29.6 Å². The molecule has 2 aliphatic heterocycles. The third-order valence-electron chi connectivity index (χ3n) is 10.3. The molecule has 2 heterocycles. The minimum absolute atomic E-state index is 0.328. The second-order valence-electron chi connectivity index (χ2n) is 12.1.